The van der Waals surface area contributed by atoms with Gasteiger partial charge in [-0.1, -0.05) is 0 Å². The number of hydrogen-bond acceptors (Lipinski definition) is 2. The Kier molecular flexibility index (Phi) is 1.98. The molecule has 1 saturated heterocycles. The maximum Gasteiger partial charge on any atom is 0.308 e. The fourth-order valence-corrected chi connectivity index (χ4v) is 1.95. The second-order valence-corrected chi connectivity index (χ2v) is 3.87. The Morgan fingerprint density at radius 3 is 2.54 bits per heavy atom. The van der Waals surface area contributed by atoms with Crippen LogP contribution in [0.15, 0.2) is 0 Å². The summed E-state index contributed by atoms with van der Waals surface area (Å²) in [5.74, 6) is -1.28. The van der Waals surface area contributed by atoms with Crippen LogP contribution < -0.4 is 0 Å². The molecule has 2 fully saturated rings. The van der Waals surface area contributed by atoms with Crippen molar-refractivity contribution < 1.29 is 14.7 Å². The molecule has 4 heteroatoms. The lowest BCUT2D eigenvalue weighted by atomic mass is 9.92. The zero-order valence-corrected chi connectivity index (χ0v) is 7.40. The first kappa shape index (κ1) is 8.53. The van der Waals surface area contributed by atoms with Gasteiger partial charge < -0.3 is 10.0 Å². The van der Waals surface area contributed by atoms with E-state index >= 15 is 0 Å². The molecule has 0 spiro atoms. The summed E-state index contributed by atoms with van der Waals surface area (Å²) in [6.45, 7) is 0.429. The first-order valence-electron chi connectivity index (χ1n) is 4.71. The Hall–Kier alpha value is -1.06. The van der Waals surface area contributed by atoms with E-state index in [-0.39, 0.29) is 12.3 Å². The predicted molar refractivity (Wildman–Crippen MR) is 45.1 cm³/mol. The first-order valence-corrected chi connectivity index (χ1v) is 4.71. The number of amides is 1. The first-order chi connectivity index (χ1) is 6.18. The largest absolute Gasteiger partial charge is 0.481 e. The van der Waals surface area contributed by atoms with E-state index in [1.807, 2.05) is 0 Å². The number of rotatable bonds is 2. The summed E-state index contributed by atoms with van der Waals surface area (Å²) >= 11 is 0. The highest BCUT2D eigenvalue weighted by molar-refractivity contribution is 5.86. The standard InChI is InChI=1S/C9H13NO3/c11-8-4-6(9(12)13)5-10(8)7-2-1-3-7/h6-7H,1-5H2,(H,12,13)/t6-/m1/s1. The molecule has 4 nitrogen and oxygen atoms in total. The van der Waals surface area contributed by atoms with E-state index in [9.17, 15) is 9.59 Å². The second-order valence-electron chi connectivity index (χ2n) is 3.87. The quantitative estimate of drug-likeness (QED) is 0.677. The van der Waals surface area contributed by atoms with Gasteiger partial charge in [-0.3, -0.25) is 9.59 Å². The van der Waals surface area contributed by atoms with Gasteiger partial charge in [-0.25, -0.2) is 0 Å². The summed E-state index contributed by atoms with van der Waals surface area (Å²) in [7, 11) is 0. The van der Waals surface area contributed by atoms with Crippen molar-refractivity contribution in [3.05, 3.63) is 0 Å². The third-order valence-corrected chi connectivity index (χ3v) is 3.02. The van der Waals surface area contributed by atoms with Crippen LogP contribution in [0.5, 0.6) is 0 Å². The van der Waals surface area contributed by atoms with E-state index in [0.717, 1.165) is 12.8 Å². The van der Waals surface area contributed by atoms with Crippen molar-refractivity contribution in [2.24, 2.45) is 5.92 Å². The molecule has 2 rings (SSSR count). The van der Waals surface area contributed by atoms with Crippen LogP contribution in [0, 0.1) is 5.92 Å². The molecule has 0 aromatic rings. The van der Waals surface area contributed by atoms with Crippen LogP contribution in [0.1, 0.15) is 25.7 Å². The summed E-state index contributed by atoms with van der Waals surface area (Å²) in [4.78, 5) is 23.8. The molecular weight excluding hydrogens is 170 g/mol. The van der Waals surface area contributed by atoms with Gasteiger partial charge in [0.1, 0.15) is 0 Å². The minimum Gasteiger partial charge on any atom is -0.481 e. The predicted octanol–water partition coefficient (Wildman–Crippen LogP) is 0.472. The van der Waals surface area contributed by atoms with E-state index in [0.29, 0.717) is 12.6 Å². The summed E-state index contributed by atoms with van der Waals surface area (Å²) in [5, 5.41) is 8.74. The molecule has 1 atom stereocenters. The second kappa shape index (κ2) is 3.01. The van der Waals surface area contributed by atoms with Crippen molar-refractivity contribution in [2.45, 2.75) is 31.7 Å². The fraction of sp³-hybridized carbons (Fsp3) is 0.778. The average molecular weight is 183 g/mol. The van der Waals surface area contributed by atoms with E-state index in [4.69, 9.17) is 5.11 Å². The highest BCUT2D eigenvalue weighted by Crippen LogP contribution is 2.30. The monoisotopic (exact) mass is 183 g/mol. The lowest BCUT2D eigenvalue weighted by molar-refractivity contribution is -0.141. The molecule has 0 aromatic heterocycles. The zero-order valence-electron chi connectivity index (χ0n) is 7.40. The molecule has 2 aliphatic rings. The van der Waals surface area contributed by atoms with Crippen molar-refractivity contribution in [1.29, 1.82) is 0 Å². The van der Waals surface area contributed by atoms with Crippen molar-refractivity contribution in [3.63, 3.8) is 0 Å². The molecule has 1 aliphatic carbocycles. The van der Waals surface area contributed by atoms with Gasteiger partial charge in [-0.2, -0.15) is 0 Å². The van der Waals surface area contributed by atoms with Gasteiger partial charge in [0.05, 0.1) is 5.92 Å². The van der Waals surface area contributed by atoms with Crippen LogP contribution in [0.25, 0.3) is 0 Å². The molecule has 1 aliphatic heterocycles. The number of nitrogens with zero attached hydrogens (tertiary/aromatic N) is 1. The van der Waals surface area contributed by atoms with Gasteiger partial charge in [0.2, 0.25) is 5.91 Å². The highest BCUT2D eigenvalue weighted by Gasteiger charge is 2.39. The zero-order chi connectivity index (χ0) is 9.42. The minimum absolute atomic E-state index is 0.0251. The van der Waals surface area contributed by atoms with Gasteiger partial charge in [-0.15, -0.1) is 0 Å². The molecule has 1 heterocycles. The van der Waals surface area contributed by atoms with E-state index in [1.165, 1.54) is 6.42 Å². The average Bonchev–Trinajstić information content (AvgIpc) is 2.29. The summed E-state index contributed by atoms with van der Waals surface area (Å²) in [6, 6.07) is 0.344. The number of likely N-dealkylation sites (tertiary alicyclic amines) is 1. The normalized spacial score (nSPS) is 29.1. The molecule has 0 unspecified atom stereocenters. The van der Waals surface area contributed by atoms with Crippen molar-refractivity contribution in [2.75, 3.05) is 6.54 Å². The highest BCUT2D eigenvalue weighted by atomic mass is 16.4. The maximum atomic E-state index is 11.4. The molecule has 1 saturated carbocycles. The fourth-order valence-electron chi connectivity index (χ4n) is 1.95. The van der Waals surface area contributed by atoms with Gasteiger partial charge in [0.15, 0.2) is 0 Å². The molecule has 0 bridgehead atoms. The van der Waals surface area contributed by atoms with Crippen molar-refractivity contribution in [3.8, 4) is 0 Å². The number of carbonyl (C=O) groups is 2. The molecule has 1 amide bonds. The third-order valence-electron chi connectivity index (χ3n) is 3.02. The van der Waals surface area contributed by atoms with Gasteiger partial charge in [-0.05, 0) is 19.3 Å². The summed E-state index contributed by atoms with van der Waals surface area (Å²) in [6.07, 6.45) is 3.48. The number of aliphatic carboxylic acids is 1. The molecule has 13 heavy (non-hydrogen) atoms. The number of carboxylic acids is 1. The van der Waals surface area contributed by atoms with E-state index in [2.05, 4.69) is 0 Å². The summed E-state index contributed by atoms with van der Waals surface area (Å²) in [5.41, 5.74) is 0. The van der Waals surface area contributed by atoms with Crippen LogP contribution in [-0.4, -0.2) is 34.5 Å². The Morgan fingerprint density at radius 1 is 1.46 bits per heavy atom. The Balaban J connectivity index is 1.98. The summed E-state index contributed by atoms with van der Waals surface area (Å²) < 4.78 is 0. The van der Waals surface area contributed by atoms with Crippen LogP contribution in [-0.2, 0) is 9.59 Å². The molecular formula is C9H13NO3. The van der Waals surface area contributed by atoms with Crippen LogP contribution in [0.4, 0.5) is 0 Å². The van der Waals surface area contributed by atoms with Crippen LogP contribution in [0.3, 0.4) is 0 Å². The van der Waals surface area contributed by atoms with Crippen molar-refractivity contribution >= 4 is 11.9 Å². The lowest BCUT2D eigenvalue weighted by Gasteiger charge is -2.34. The van der Waals surface area contributed by atoms with Gasteiger partial charge >= 0.3 is 5.97 Å². The molecule has 0 aromatic carbocycles. The molecule has 72 valence electrons. The Bertz CT molecular complexity index is 247. The SMILES string of the molecule is O=C(O)[C@@H]1CC(=O)N(C2CCC2)C1. The van der Waals surface area contributed by atoms with E-state index in [1.54, 1.807) is 4.90 Å². The lowest BCUT2D eigenvalue weighted by Crippen LogP contribution is -2.41. The molecule has 1 N–H and O–H groups in total. The minimum atomic E-state index is -0.838. The number of carboxylic acid groups (broad SMARTS) is 1. The van der Waals surface area contributed by atoms with Crippen LogP contribution in [0.2, 0.25) is 0 Å². The smallest absolute Gasteiger partial charge is 0.308 e. The van der Waals surface area contributed by atoms with Gasteiger partial charge in [0, 0.05) is 19.0 Å². The third kappa shape index (κ3) is 1.41. The number of hydrogen-bond donors (Lipinski definition) is 1. The maximum absolute atomic E-state index is 11.4. The number of carbonyl (C=O) groups excluding carboxylic acids is 1. The van der Waals surface area contributed by atoms with Crippen LogP contribution >= 0.6 is 0 Å². The van der Waals surface area contributed by atoms with Crippen molar-refractivity contribution in [1.82, 2.24) is 4.90 Å². The van der Waals surface area contributed by atoms with Gasteiger partial charge in [0.25, 0.3) is 0 Å². The topological polar surface area (TPSA) is 57.6 Å². The Morgan fingerprint density at radius 2 is 2.15 bits per heavy atom. The molecule has 0 radical (unpaired) electrons. The Labute approximate surface area is 76.5 Å². The van der Waals surface area contributed by atoms with E-state index < -0.39 is 11.9 Å².